The molecule has 0 bridgehead atoms. The van der Waals surface area contributed by atoms with E-state index in [9.17, 15) is 13.6 Å². The highest BCUT2D eigenvalue weighted by atomic mass is 19.1. The molecule has 0 fully saturated rings. The highest BCUT2D eigenvalue weighted by molar-refractivity contribution is 5.94. The average molecular weight is 354 g/mol. The molecule has 3 aromatic rings. The molecule has 4 nitrogen and oxygen atoms in total. The lowest BCUT2D eigenvalue weighted by atomic mass is 10.2. The van der Waals surface area contributed by atoms with E-state index < -0.39 is 23.2 Å². The van der Waals surface area contributed by atoms with E-state index >= 15 is 0 Å². The van der Waals surface area contributed by atoms with Crippen LogP contribution in [0.4, 0.5) is 20.2 Å². The van der Waals surface area contributed by atoms with Crippen molar-refractivity contribution in [2.45, 2.75) is 0 Å². The molecule has 0 atom stereocenters. The third-order valence-corrected chi connectivity index (χ3v) is 3.52. The Morgan fingerprint density at radius 1 is 0.846 bits per heavy atom. The number of benzene rings is 3. The van der Waals surface area contributed by atoms with Gasteiger partial charge in [0.05, 0.1) is 12.2 Å². The fourth-order valence-corrected chi connectivity index (χ4v) is 2.29. The van der Waals surface area contributed by atoms with Gasteiger partial charge in [-0.25, -0.2) is 8.78 Å². The number of anilines is 2. The van der Waals surface area contributed by atoms with Crippen LogP contribution < -0.4 is 15.4 Å². The maximum Gasteiger partial charge on any atom is 0.243 e. The molecule has 6 heteroatoms. The molecular formula is C20H16F2N2O2. The molecule has 3 rings (SSSR count). The summed E-state index contributed by atoms with van der Waals surface area (Å²) in [6, 6.07) is 19.7. The van der Waals surface area contributed by atoms with E-state index in [0.29, 0.717) is 17.2 Å². The number of carbonyl (C=O) groups is 1. The molecule has 0 unspecified atom stereocenters. The largest absolute Gasteiger partial charge is 0.455 e. The minimum Gasteiger partial charge on any atom is -0.455 e. The quantitative estimate of drug-likeness (QED) is 0.668. The first-order chi connectivity index (χ1) is 12.6. The molecular weight excluding hydrogens is 338 g/mol. The Bertz CT molecular complexity index is 881. The average Bonchev–Trinajstić information content (AvgIpc) is 2.65. The third-order valence-electron chi connectivity index (χ3n) is 3.52. The van der Waals surface area contributed by atoms with Gasteiger partial charge in [-0.3, -0.25) is 4.79 Å². The van der Waals surface area contributed by atoms with Crippen molar-refractivity contribution in [1.29, 1.82) is 0 Å². The van der Waals surface area contributed by atoms with Gasteiger partial charge in [-0.1, -0.05) is 36.4 Å². The first-order valence-corrected chi connectivity index (χ1v) is 7.93. The Morgan fingerprint density at radius 3 is 2.23 bits per heavy atom. The van der Waals surface area contributed by atoms with Crippen LogP contribution in [-0.2, 0) is 4.79 Å². The smallest absolute Gasteiger partial charge is 0.243 e. The number of ether oxygens (including phenoxy) is 1. The minimum atomic E-state index is -0.828. The summed E-state index contributed by atoms with van der Waals surface area (Å²) in [5, 5.41) is 5.14. The zero-order valence-corrected chi connectivity index (χ0v) is 13.7. The van der Waals surface area contributed by atoms with Crippen LogP contribution in [-0.4, -0.2) is 12.5 Å². The van der Waals surface area contributed by atoms with E-state index in [1.54, 1.807) is 24.3 Å². The van der Waals surface area contributed by atoms with Crippen LogP contribution in [0, 0.1) is 11.6 Å². The van der Waals surface area contributed by atoms with E-state index in [2.05, 4.69) is 10.6 Å². The molecule has 26 heavy (non-hydrogen) atoms. The predicted molar refractivity (Wildman–Crippen MR) is 96.4 cm³/mol. The van der Waals surface area contributed by atoms with Crippen molar-refractivity contribution in [2.24, 2.45) is 0 Å². The van der Waals surface area contributed by atoms with Gasteiger partial charge in [-0.05, 0) is 36.4 Å². The van der Waals surface area contributed by atoms with Crippen molar-refractivity contribution >= 4 is 17.3 Å². The number of halogens is 2. The van der Waals surface area contributed by atoms with E-state index in [4.69, 9.17) is 4.74 Å². The number of hydrogen-bond acceptors (Lipinski definition) is 3. The van der Waals surface area contributed by atoms with Crippen molar-refractivity contribution in [3.8, 4) is 11.5 Å². The minimum absolute atomic E-state index is 0.178. The van der Waals surface area contributed by atoms with Gasteiger partial charge in [0.25, 0.3) is 0 Å². The van der Waals surface area contributed by atoms with Gasteiger partial charge in [0.1, 0.15) is 23.1 Å². The molecule has 0 aliphatic carbocycles. The van der Waals surface area contributed by atoms with Gasteiger partial charge in [0.15, 0.2) is 5.75 Å². The van der Waals surface area contributed by atoms with Crippen LogP contribution in [0.5, 0.6) is 11.5 Å². The Kier molecular flexibility index (Phi) is 5.43. The fraction of sp³-hybridized carbons (Fsp3) is 0.0500. The predicted octanol–water partition coefficient (Wildman–Crippen LogP) is 4.81. The van der Waals surface area contributed by atoms with Crippen LogP contribution in [0.3, 0.4) is 0 Å². The highest BCUT2D eigenvalue weighted by Crippen LogP contribution is 2.29. The van der Waals surface area contributed by atoms with Crippen molar-refractivity contribution in [3.63, 3.8) is 0 Å². The number of amides is 1. The Balaban J connectivity index is 1.65. The third kappa shape index (κ3) is 4.36. The highest BCUT2D eigenvalue weighted by Gasteiger charge is 2.12. The number of para-hydroxylation sites is 4. The first-order valence-electron chi connectivity index (χ1n) is 7.93. The zero-order chi connectivity index (χ0) is 18.4. The molecule has 0 radical (unpaired) electrons. The van der Waals surface area contributed by atoms with Gasteiger partial charge >= 0.3 is 0 Å². The molecule has 0 heterocycles. The number of nitrogens with one attached hydrogen (secondary N) is 2. The van der Waals surface area contributed by atoms with E-state index in [1.165, 1.54) is 6.07 Å². The number of rotatable bonds is 6. The molecule has 0 aliphatic rings. The molecule has 0 aromatic heterocycles. The molecule has 2 N–H and O–H groups in total. The standard InChI is InChI=1S/C20H16F2N2O2/c21-15-9-6-10-16(22)20(15)24-19(25)13-23-17-11-4-5-12-18(17)26-14-7-2-1-3-8-14/h1-12,23H,13H2,(H,24,25). The van der Waals surface area contributed by atoms with Crippen LogP contribution in [0.15, 0.2) is 72.8 Å². The normalized spacial score (nSPS) is 10.2. The van der Waals surface area contributed by atoms with Gasteiger partial charge < -0.3 is 15.4 Å². The van der Waals surface area contributed by atoms with Crippen molar-refractivity contribution in [2.75, 3.05) is 17.2 Å². The van der Waals surface area contributed by atoms with Crippen LogP contribution in [0.2, 0.25) is 0 Å². The van der Waals surface area contributed by atoms with E-state index in [-0.39, 0.29) is 6.54 Å². The summed E-state index contributed by atoms with van der Waals surface area (Å²) >= 11 is 0. The lowest BCUT2D eigenvalue weighted by molar-refractivity contribution is -0.114. The molecule has 0 aliphatic heterocycles. The summed E-state index contributed by atoms with van der Waals surface area (Å²) in [7, 11) is 0. The number of hydrogen-bond donors (Lipinski definition) is 2. The van der Waals surface area contributed by atoms with Crippen LogP contribution in [0.25, 0.3) is 0 Å². The second kappa shape index (κ2) is 8.11. The molecule has 132 valence electrons. The molecule has 1 amide bonds. The first kappa shape index (κ1) is 17.4. The van der Waals surface area contributed by atoms with Crippen molar-refractivity contribution < 1.29 is 18.3 Å². The molecule has 0 saturated carbocycles. The SMILES string of the molecule is O=C(CNc1ccccc1Oc1ccccc1)Nc1c(F)cccc1F. The summed E-state index contributed by atoms with van der Waals surface area (Å²) in [4.78, 5) is 12.0. The number of carbonyl (C=O) groups excluding carboxylic acids is 1. The Hall–Kier alpha value is -3.41. The summed E-state index contributed by atoms with van der Waals surface area (Å²) in [6.45, 7) is -0.178. The Morgan fingerprint density at radius 2 is 1.50 bits per heavy atom. The monoisotopic (exact) mass is 354 g/mol. The van der Waals surface area contributed by atoms with Crippen LogP contribution in [0.1, 0.15) is 0 Å². The maximum atomic E-state index is 13.6. The van der Waals surface area contributed by atoms with Gasteiger partial charge in [0.2, 0.25) is 5.91 Å². The van der Waals surface area contributed by atoms with Gasteiger partial charge in [0, 0.05) is 0 Å². The maximum absolute atomic E-state index is 13.6. The second-order valence-corrected chi connectivity index (χ2v) is 5.41. The fourth-order valence-electron chi connectivity index (χ4n) is 2.29. The van der Waals surface area contributed by atoms with Crippen LogP contribution >= 0.6 is 0 Å². The summed E-state index contributed by atoms with van der Waals surface area (Å²) < 4.78 is 33.0. The van der Waals surface area contributed by atoms with E-state index in [0.717, 1.165) is 12.1 Å². The van der Waals surface area contributed by atoms with Crippen molar-refractivity contribution in [1.82, 2.24) is 0 Å². The second-order valence-electron chi connectivity index (χ2n) is 5.41. The zero-order valence-electron chi connectivity index (χ0n) is 13.7. The molecule has 0 saturated heterocycles. The Labute approximate surface area is 149 Å². The summed E-state index contributed by atoms with van der Waals surface area (Å²) in [5.41, 5.74) is 0.119. The topological polar surface area (TPSA) is 50.4 Å². The lowest BCUT2D eigenvalue weighted by Gasteiger charge is -2.13. The van der Waals surface area contributed by atoms with Gasteiger partial charge in [-0.15, -0.1) is 0 Å². The molecule has 0 spiro atoms. The molecule has 3 aromatic carbocycles. The summed E-state index contributed by atoms with van der Waals surface area (Å²) in [6.07, 6.45) is 0. The lowest BCUT2D eigenvalue weighted by Crippen LogP contribution is -2.23. The van der Waals surface area contributed by atoms with E-state index in [1.807, 2.05) is 30.3 Å². The van der Waals surface area contributed by atoms with Crippen molar-refractivity contribution in [3.05, 3.63) is 84.4 Å². The van der Waals surface area contributed by atoms with Gasteiger partial charge in [-0.2, -0.15) is 0 Å². The summed E-state index contributed by atoms with van der Waals surface area (Å²) in [5.74, 6) is -1.05.